The monoisotopic (exact) mass is 332 g/mol. The third-order valence-electron chi connectivity index (χ3n) is 4.15. The number of hydrogen-bond acceptors (Lipinski definition) is 4. The summed E-state index contributed by atoms with van der Waals surface area (Å²) in [5.41, 5.74) is 4.53. The number of nitrogens with one attached hydrogen (secondary N) is 1. The van der Waals surface area contributed by atoms with Gasteiger partial charge in [-0.15, -0.1) is 0 Å². The van der Waals surface area contributed by atoms with Crippen LogP contribution in [0.3, 0.4) is 0 Å². The molecule has 0 atom stereocenters. The second-order valence-electron chi connectivity index (χ2n) is 6.58. The predicted octanol–water partition coefficient (Wildman–Crippen LogP) is 4.32. The van der Waals surface area contributed by atoms with Crippen LogP contribution in [0, 0.1) is 5.92 Å². The number of para-hydroxylation sites is 2. The van der Waals surface area contributed by atoms with Crippen molar-refractivity contribution < 1.29 is 5.11 Å². The molecule has 0 saturated heterocycles. The Hall–Kier alpha value is -3.08. The maximum Gasteiger partial charge on any atom is 0.181 e. The molecule has 0 aliphatic rings. The highest BCUT2D eigenvalue weighted by molar-refractivity contribution is 5.86. The molecule has 0 saturated carbocycles. The van der Waals surface area contributed by atoms with Gasteiger partial charge in [-0.25, -0.2) is 9.97 Å². The summed E-state index contributed by atoms with van der Waals surface area (Å²) in [5.74, 6) is 1.52. The highest BCUT2D eigenvalue weighted by Gasteiger charge is 2.15. The molecule has 25 heavy (non-hydrogen) atoms. The zero-order chi connectivity index (χ0) is 17.4. The van der Waals surface area contributed by atoms with Crippen molar-refractivity contribution in [2.75, 3.05) is 11.9 Å². The number of aromatic nitrogens is 3. The fraction of sp³-hybridized carbons (Fsp3) is 0.200. The lowest BCUT2D eigenvalue weighted by Crippen LogP contribution is -2.11. The van der Waals surface area contributed by atoms with Crippen LogP contribution in [0.25, 0.3) is 27.9 Å². The Morgan fingerprint density at radius 2 is 1.96 bits per heavy atom. The number of rotatable bonds is 4. The molecule has 5 nitrogen and oxygen atoms in total. The third-order valence-corrected chi connectivity index (χ3v) is 4.15. The maximum atomic E-state index is 9.84. The van der Waals surface area contributed by atoms with Gasteiger partial charge in [-0.3, -0.25) is 4.40 Å². The minimum atomic E-state index is 0.240. The van der Waals surface area contributed by atoms with Gasteiger partial charge in [0.1, 0.15) is 5.75 Å². The summed E-state index contributed by atoms with van der Waals surface area (Å²) in [6.45, 7) is 5.15. The van der Waals surface area contributed by atoms with Crippen molar-refractivity contribution in [2.45, 2.75) is 13.8 Å². The second-order valence-corrected chi connectivity index (χ2v) is 6.58. The SMILES string of the molecule is CC(C)CNc1nc2ccccc2n2c(-c3cccc(O)c3)cnc12. The van der Waals surface area contributed by atoms with Gasteiger partial charge in [0.05, 0.1) is 22.9 Å². The van der Waals surface area contributed by atoms with E-state index in [9.17, 15) is 5.11 Å². The standard InChI is InChI=1S/C20H20N4O/c1-13(2)11-21-19-20-22-12-18(14-6-5-7-15(25)10-14)24(20)17-9-4-3-8-16(17)23-19/h3-10,12-13,25H,11H2,1-2H3,(H,21,23). The van der Waals surface area contributed by atoms with E-state index < -0.39 is 0 Å². The summed E-state index contributed by atoms with van der Waals surface area (Å²) in [5, 5.41) is 13.3. The first kappa shape index (κ1) is 15.4. The molecule has 2 heterocycles. The normalized spacial score (nSPS) is 11.5. The van der Waals surface area contributed by atoms with Crippen LogP contribution in [-0.2, 0) is 0 Å². The second kappa shape index (κ2) is 6.09. The summed E-state index contributed by atoms with van der Waals surface area (Å²) in [4.78, 5) is 9.37. The Kier molecular flexibility index (Phi) is 3.76. The van der Waals surface area contributed by atoms with E-state index in [1.54, 1.807) is 12.1 Å². The van der Waals surface area contributed by atoms with Crippen LogP contribution in [0.4, 0.5) is 5.82 Å². The third kappa shape index (κ3) is 2.78. The van der Waals surface area contributed by atoms with Gasteiger partial charge >= 0.3 is 0 Å². The Bertz CT molecular complexity index is 1050. The smallest absolute Gasteiger partial charge is 0.181 e. The van der Waals surface area contributed by atoms with Crippen LogP contribution in [-0.4, -0.2) is 26.0 Å². The summed E-state index contributed by atoms with van der Waals surface area (Å²) in [6, 6.07) is 15.2. The molecule has 2 aromatic carbocycles. The van der Waals surface area contributed by atoms with E-state index in [0.29, 0.717) is 5.92 Å². The van der Waals surface area contributed by atoms with E-state index >= 15 is 0 Å². The lowest BCUT2D eigenvalue weighted by molar-refractivity contribution is 0.475. The largest absolute Gasteiger partial charge is 0.508 e. The molecule has 0 unspecified atom stereocenters. The van der Waals surface area contributed by atoms with E-state index in [1.807, 2.05) is 42.6 Å². The summed E-state index contributed by atoms with van der Waals surface area (Å²) < 4.78 is 2.10. The molecule has 4 rings (SSSR count). The minimum Gasteiger partial charge on any atom is -0.508 e. The molecule has 0 spiro atoms. The predicted molar refractivity (Wildman–Crippen MR) is 101 cm³/mol. The summed E-state index contributed by atoms with van der Waals surface area (Å²) in [6.07, 6.45) is 1.83. The average molecular weight is 332 g/mol. The molecular weight excluding hydrogens is 312 g/mol. The first-order chi connectivity index (χ1) is 12.1. The molecule has 0 fully saturated rings. The minimum absolute atomic E-state index is 0.240. The number of phenols is 1. The van der Waals surface area contributed by atoms with E-state index in [2.05, 4.69) is 28.5 Å². The van der Waals surface area contributed by atoms with Crippen LogP contribution >= 0.6 is 0 Å². The lowest BCUT2D eigenvalue weighted by atomic mass is 10.1. The molecule has 4 aromatic rings. The van der Waals surface area contributed by atoms with Gasteiger partial charge in [0, 0.05) is 12.1 Å². The highest BCUT2D eigenvalue weighted by atomic mass is 16.3. The molecule has 2 aromatic heterocycles. The average Bonchev–Trinajstić information content (AvgIpc) is 3.05. The molecule has 0 radical (unpaired) electrons. The topological polar surface area (TPSA) is 62.5 Å². The van der Waals surface area contributed by atoms with Crippen LogP contribution in [0.1, 0.15) is 13.8 Å². The van der Waals surface area contributed by atoms with Gasteiger partial charge in [-0.1, -0.05) is 38.1 Å². The van der Waals surface area contributed by atoms with Gasteiger partial charge in [-0.2, -0.15) is 0 Å². The molecule has 0 aliphatic carbocycles. The van der Waals surface area contributed by atoms with E-state index in [4.69, 9.17) is 4.98 Å². The Labute approximate surface area is 146 Å². The van der Waals surface area contributed by atoms with Crippen LogP contribution in [0.15, 0.2) is 54.7 Å². The quantitative estimate of drug-likeness (QED) is 0.584. The fourth-order valence-electron chi connectivity index (χ4n) is 2.97. The van der Waals surface area contributed by atoms with Crippen LogP contribution < -0.4 is 5.32 Å². The number of imidazole rings is 1. The number of hydrogen-bond donors (Lipinski definition) is 2. The lowest BCUT2D eigenvalue weighted by Gasteiger charge is -2.12. The number of benzene rings is 2. The Morgan fingerprint density at radius 3 is 2.76 bits per heavy atom. The molecular formula is C20H20N4O. The van der Waals surface area contributed by atoms with Crippen molar-refractivity contribution in [3.8, 4) is 17.0 Å². The Morgan fingerprint density at radius 1 is 1.12 bits per heavy atom. The first-order valence-corrected chi connectivity index (χ1v) is 8.43. The van der Waals surface area contributed by atoms with E-state index in [0.717, 1.165) is 40.3 Å². The molecule has 2 N–H and O–H groups in total. The van der Waals surface area contributed by atoms with Crippen molar-refractivity contribution in [2.24, 2.45) is 5.92 Å². The molecule has 5 heteroatoms. The van der Waals surface area contributed by atoms with E-state index in [-0.39, 0.29) is 5.75 Å². The summed E-state index contributed by atoms with van der Waals surface area (Å²) in [7, 11) is 0. The fourth-order valence-corrected chi connectivity index (χ4v) is 2.97. The van der Waals surface area contributed by atoms with E-state index in [1.165, 1.54) is 0 Å². The van der Waals surface area contributed by atoms with Gasteiger partial charge in [0.2, 0.25) is 0 Å². The van der Waals surface area contributed by atoms with Gasteiger partial charge in [-0.05, 0) is 30.2 Å². The van der Waals surface area contributed by atoms with Crippen LogP contribution in [0.2, 0.25) is 0 Å². The van der Waals surface area contributed by atoms with Gasteiger partial charge < -0.3 is 10.4 Å². The van der Waals surface area contributed by atoms with Crippen molar-refractivity contribution in [1.82, 2.24) is 14.4 Å². The highest BCUT2D eigenvalue weighted by Crippen LogP contribution is 2.29. The van der Waals surface area contributed by atoms with Crippen molar-refractivity contribution in [3.05, 3.63) is 54.7 Å². The molecule has 0 aliphatic heterocycles. The molecule has 0 bridgehead atoms. The van der Waals surface area contributed by atoms with Crippen LogP contribution in [0.5, 0.6) is 5.75 Å². The first-order valence-electron chi connectivity index (χ1n) is 8.43. The van der Waals surface area contributed by atoms with Gasteiger partial charge in [0.25, 0.3) is 0 Å². The molecule has 126 valence electrons. The van der Waals surface area contributed by atoms with Crippen molar-refractivity contribution >= 4 is 22.5 Å². The number of nitrogens with zero attached hydrogens (tertiary/aromatic N) is 3. The zero-order valence-electron chi connectivity index (χ0n) is 14.3. The number of anilines is 1. The van der Waals surface area contributed by atoms with Crippen molar-refractivity contribution in [1.29, 1.82) is 0 Å². The van der Waals surface area contributed by atoms with Crippen molar-refractivity contribution in [3.63, 3.8) is 0 Å². The number of phenolic OH excluding ortho intramolecular Hbond substituents is 1. The Balaban J connectivity index is 2.00. The summed E-state index contributed by atoms with van der Waals surface area (Å²) >= 11 is 0. The maximum absolute atomic E-state index is 9.84. The number of fused-ring (bicyclic) bond motifs is 3. The molecule has 0 amide bonds. The van der Waals surface area contributed by atoms with Gasteiger partial charge in [0.15, 0.2) is 11.5 Å². The number of aromatic hydroxyl groups is 1. The zero-order valence-corrected chi connectivity index (χ0v) is 14.3.